The molecule has 0 aromatic heterocycles. The molecule has 0 bridgehead atoms. The number of carbonyl (C=O) groups is 2. The van der Waals surface area contributed by atoms with Gasteiger partial charge in [0.05, 0.1) is 4.47 Å². The Bertz CT molecular complexity index is 834. The van der Waals surface area contributed by atoms with E-state index in [1.165, 1.54) is 0 Å². The zero-order valence-electron chi connectivity index (χ0n) is 12.3. The minimum atomic E-state index is -0.520. The van der Waals surface area contributed by atoms with Crippen LogP contribution in [-0.4, -0.2) is 11.9 Å². The van der Waals surface area contributed by atoms with Gasteiger partial charge in [0.15, 0.2) is 0 Å². The highest BCUT2D eigenvalue weighted by atomic mass is 79.9. The number of hydrogen-bond acceptors (Lipinski definition) is 3. The molecule has 0 saturated carbocycles. The van der Waals surface area contributed by atoms with E-state index < -0.39 is 11.9 Å². The Hall–Kier alpha value is -2.31. The van der Waals surface area contributed by atoms with Gasteiger partial charge in [0.1, 0.15) is 18.1 Å². The van der Waals surface area contributed by atoms with Gasteiger partial charge in [0, 0.05) is 5.02 Å². The van der Waals surface area contributed by atoms with E-state index in [0.29, 0.717) is 17.4 Å². The number of benzene rings is 2. The second-order valence-corrected chi connectivity index (χ2v) is 6.36. The summed E-state index contributed by atoms with van der Waals surface area (Å²) in [6, 6.07) is 12.3. The average Bonchev–Trinajstić information content (AvgIpc) is 2.86. The van der Waals surface area contributed by atoms with E-state index in [2.05, 4.69) is 26.6 Å². The Morgan fingerprint density at radius 2 is 1.83 bits per heavy atom. The fourth-order valence-corrected chi connectivity index (χ4v) is 2.75. The predicted molar refractivity (Wildman–Crippen MR) is 94.6 cm³/mol. The van der Waals surface area contributed by atoms with Gasteiger partial charge in [-0.3, -0.25) is 10.1 Å². The van der Waals surface area contributed by atoms with Crippen molar-refractivity contribution >= 4 is 45.5 Å². The van der Waals surface area contributed by atoms with Crippen molar-refractivity contribution in [3.8, 4) is 5.75 Å². The summed E-state index contributed by atoms with van der Waals surface area (Å²) < 4.78 is 6.51. The smallest absolute Gasteiger partial charge is 0.326 e. The van der Waals surface area contributed by atoms with Crippen molar-refractivity contribution in [2.24, 2.45) is 0 Å². The molecule has 1 saturated heterocycles. The fraction of sp³-hybridized carbons (Fsp3) is 0.0588. The number of halogens is 2. The normalized spacial score (nSPS) is 15.3. The first-order valence-corrected chi connectivity index (χ1v) is 8.19. The molecule has 0 spiro atoms. The maximum absolute atomic E-state index is 11.5. The lowest BCUT2D eigenvalue weighted by atomic mass is 10.2. The van der Waals surface area contributed by atoms with E-state index in [1.54, 1.807) is 18.2 Å². The summed E-state index contributed by atoms with van der Waals surface area (Å²) in [6.07, 6.45) is 1.59. The molecule has 0 atom stereocenters. The van der Waals surface area contributed by atoms with Crippen molar-refractivity contribution in [2.75, 3.05) is 0 Å². The van der Waals surface area contributed by atoms with Gasteiger partial charge < -0.3 is 10.1 Å². The summed E-state index contributed by atoms with van der Waals surface area (Å²) in [4.78, 5) is 22.6. The molecule has 3 amide bonds. The summed E-state index contributed by atoms with van der Waals surface area (Å²) in [5.41, 5.74) is 1.97. The van der Waals surface area contributed by atoms with Crippen molar-refractivity contribution < 1.29 is 14.3 Å². The minimum Gasteiger partial charge on any atom is -0.488 e. The number of urea groups is 1. The van der Waals surface area contributed by atoms with Crippen LogP contribution in [0.5, 0.6) is 5.75 Å². The SMILES string of the molecule is O=C1NC(=O)/C(=C/c2ccc(OCc3ccc(Cl)cc3)c(Br)c2)N1. The van der Waals surface area contributed by atoms with Crippen LogP contribution in [0.15, 0.2) is 52.6 Å². The molecule has 2 aromatic carbocycles. The van der Waals surface area contributed by atoms with Crippen LogP contribution in [0.25, 0.3) is 6.08 Å². The molecular formula is C17H12BrClN2O3. The Morgan fingerprint density at radius 3 is 2.46 bits per heavy atom. The summed E-state index contributed by atoms with van der Waals surface area (Å²) in [6.45, 7) is 0.411. The number of rotatable bonds is 4. The maximum atomic E-state index is 11.5. The molecule has 5 nitrogen and oxygen atoms in total. The zero-order valence-corrected chi connectivity index (χ0v) is 14.6. The van der Waals surface area contributed by atoms with Crippen LogP contribution in [0.1, 0.15) is 11.1 Å². The molecule has 0 aliphatic carbocycles. The number of ether oxygens (including phenoxy) is 1. The number of amides is 3. The summed E-state index contributed by atoms with van der Waals surface area (Å²) in [5.74, 6) is 0.228. The van der Waals surface area contributed by atoms with Crippen LogP contribution in [-0.2, 0) is 11.4 Å². The molecule has 2 N–H and O–H groups in total. The Kier molecular flexibility index (Phi) is 4.87. The predicted octanol–water partition coefficient (Wildman–Crippen LogP) is 3.86. The fourth-order valence-electron chi connectivity index (χ4n) is 2.11. The van der Waals surface area contributed by atoms with Gasteiger partial charge in [-0.15, -0.1) is 0 Å². The molecule has 0 unspecified atom stereocenters. The Balaban J connectivity index is 1.70. The van der Waals surface area contributed by atoms with Crippen LogP contribution in [0.4, 0.5) is 4.79 Å². The molecule has 24 heavy (non-hydrogen) atoms. The lowest BCUT2D eigenvalue weighted by molar-refractivity contribution is -0.115. The molecule has 1 aliphatic heterocycles. The molecule has 122 valence electrons. The van der Waals surface area contributed by atoms with Gasteiger partial charge in [-0.2, -0.15) is 0 Å². The summed E-state index contributed by atoms with van der Waals surface area (Å²) >= 11 is 9.30. The lowest BCUT2D eigenvalue weighted by Gasteiger charge is -2.09. The van der Waals surface area contributed by atoms with Crippen LogP contribution >= 0.6 is 27.5 Å². The third-order valence-electron chi connectivity index (χ3n) is 3.29. The molecule has 1 fully saturated rings. The average molecular weight is 408 g/mol. The van der Waals surface area contributed by atoms with E-state index in [1.807, 2.05) is 30.3 Å². The van der Waals surface area contributed by atoms with Gasteiger partial charge in [-0.25, -0.2) is 4.79 Å². The van der Waals surface area contributed by atoms with E-state index in [0.717, 1.165) is 15.6 Å². The minimum absolute atomic E-state index is 0.210. The summed E-state index contributed by atoms with van der Waals surface area (Å²) in [7, 11) is 0. The molecule has 1 heterocycles. The van der Waals surface area contributed by atoms with E-state index >= 15 is 0 Å². The Labute approximate surface area is 151 Å². The Morgan fingerprint density at radius 1 is 1.08 bits per heavy atom. The van der Waals surface area contributed by atoms with E-state index in [-0.39, 0.29) is 5.70 Å². The standard InChI is InChI=1S/C17H12BrClN2O3/c18-13-7-11(8-14-16(22)21-17(23)20-14)3-6-15(13)24-9-10-1-4-12(19)5-2-10/h1-8H,9H2,(H2,20,21,22,23)/b14-8-. The monoisotopic (exact) mass is 406 g/mol. The maximum Gasteiger partial charge on any atom is 0.326 e. The number of imide groups is 1. The highest BCUT2D eigenvalue weighted by Crippen LogP contribution is 2.28. The lowest BCUT2D eigenvalue weighted by Crippen LogP contribution is -2.22. The van der Waals surface area contributed by atoms with Crippen LogP contribution in [0, 0.1) is 0 Å². The van der Waals surface area contributed by atoms with Gasteiger partial charge in [-0.1, -0.05) is 29.8 Å². The van der Waals surface area contributed by atoms with Crippen LogP contribution in [0.3, 0.4) is 0 Å². The highest BCUT2D eigenvalue weighted by Gasteiger charge is 2.22. The van der Waals surface area contributed by atoms with E-state index in [4.69, 9.17) is 16.3 Å². The molecule has 2 aromatic rings. The first-order valence-electron chi connectivity index (χ1n) is 7.02. The quantitative estimate of drug-likeness (QED) is 0.597. The van der Waals surface area contributed by atoms with Gasteiger partial charge in [0.25, 0.3) is 5.91 Å². The van der Waals surface area contributed by atoms with Crippen molar-refractivity contribution in [1.82, 2.24) is 10.6 Å². The third-order valence-corrected chi connectivity index (χ3v) is 4.17. The number of hydrogen-bond donors (Lipinski definition) is 2. The second kappa shape index (κ2) is 7.07. The number of nitrogens with one attached hydrogen (secondary N) is 2. The van der Waals surface area contributed by atoms with Crippen molar-refractivity contribution in [1.29, 1.82) is 0 Å². The first-order chi connectivity index (χ1) is 11.5. The van der Waals surface area contributed by atoms with Crippen LogP contribution in [0.2, 0.25) is 5.02 Å². The topological polar surface area (TPSA) is 67.4 Å². The molecule has 1 aliphatic rings. The highest BCUT2D eigenvalue weighted by molar-refractivity contribution is 9.10. The zero-order chi connectivity index (χ0) is 17.1. The first kappa shape index (κ1) is 16.5. The molecule has 0 radical (unpaired) electrons. The summed E-state index contributed by atoms with van der Waals surface area (Å²) in [5, 5.41) is 5.27. The van der Waals surface area contributed by atoms with Crippen LogP contribution < -0.4 is 15.4 Å². The van der Waals surface area contributed by atoms with Gasteiger partial charge >= 0.3 is 6.03 Å². The van der Waals surface area contributed by atoms with Gasteiger partial charge in [-0.05, 0) is 57.4 Å². The molecule has 3 rings (SSSR count). The molecule has 7 heteroatoms. The van der Waals surface area contributed by atoms with Crippen molar-refractivity contribution in [3.63, 3.8) is 0 Å². The van der Waals surface area contributed by atoms with Crippen molar-refractivity contribution in [3.05, 3.63) is 68.8 Å². The molecular weight excluding hydrogens is 396 g/mol. The largest absolute Gasteiger partial charge is 0.488 e. The second-order valence-electron chi connectivity index (χ2n) is 5.07. The third kappa shape index (κ3) is 3.96. The number of carbonyl (C=O) groups excluding carboxylic acids is 2. The van der Waals surface area contributed by atoms with Gasteiger partial charge in [0.2, 0.25) is 0 Å². The van der Waals surface area contributed by atoms with E-state index in [9.17, 15) is 9.59 Å². The van der Waals surface area contributed by atoms with Crippen molar-refractivity contribution in [2.45, 2.75) is 6.61 Å².